The molecule has 0 radical (unpaired) electrons. The summed E-state index contributed by atoms with van der Waals surface area (Å²) in [6.07, 6.45) is 0. The zero-order valence-electron chi connectivity index (χ0n) is 10.5. The molecule has 0 bridgehead atoms. The molecule has 0 saturated heterocycles. The Labute approximate surface area is 102 Å². The van der Waals surface area contributed by atoms with E-state index in [9.17, 15) is 9.18 Å². The Kier molecular flexibility index (Phi) is 5.10. The largest absolute Gasteiger partial charge is 0.340 e. The third-order valence-electron chi connectivity index (χ3n) is 2.40. The monoisotopic (exact) mass is 238 g/mol. The van der Waals surface area contributed by atoms with Gasteiger partial charge in [0.2, 0.25) is 5.91 Å². The molecule has 0 aliphatic rings. The van der Waals surface area contributed by atoms with Crippen LogP contribution in [0.4, 0.5) is 4.39 Å². The van der Waals surface area contributed by atoms with E-state index in [1.54, 1.807) is 18.0 Å². The highest BCUT2D eigenvalue weighted by Crippen LogP contribution is 2.06. The number of hydrogen-bond acceptors (Lipinski definition) is 2. The maximum atomic E-state index is 13.0. The quantitative estimate of drug-likeness (QED) is 0.848. The van der Waals surface area contributed by atoms with Gasteiger partial charge in [0.1, 0.15) is 5.82 Å². The summed E-state index contributed by atoms with van der Waals surface area (Å²) in [4.78, 5) is 13.3. The summed E-state index contributed by atoms with van der Waals surface area (Å²) in [6, 6.07) is 6.57. The molecule has 0 spiro atoms. The third kappa shape index (κ3) is 4.95. The van der Waals surface area contributed by atoms with E-state index in [0.717, 1.165) is 5.56 Å². The van der Waals surface area contributed by atoms with Gasteiger partial charge in [-0.15, -0.1) is 0 Å². The fraction of sp³-hybridized carbons (Fsp3) is 0.462. The van der Waals surface area contributed by atoms with Crippen LogP contribution in [0.3, 0.4) is 0 Å². The van der Waals surface area contributed by atoms with E-state index in [2.05, 4.69) is 5.32 Å². The first-order chi connectivity index (χ1) is 7.99. The summed E-state index contributed by atoms with van der Waals surface area (Å²) < 4.78 is 13.0. The van der Waals surface area contributed by atoms with Crippen molar-refractivity contribution in [2.24, 2.45) is 0 Å². The van der Waals surface area contributed by atoms with E-state index in [-0.39, 0.29) is 17.8 Å². The van der Waals surface area contributed by atoms with Crippen LogP contribution in [0.1, 0.15) is 19.4 Å². The summed E-state index contributed by atoms with van der Waals surface area (Å²) in [5.74, 6) is -0.272. The van der Waals surface area contributed by atoms with Crippen molar-refractivity contribution in [2.75, 3.05) is 13.6 Å². The Morgan fingerprint density at radius 1 is 1.47 bits per heavy atom. The van der Waals surface area contributed by atoms with Crippen LogP contribution in [0.15, 0.2) is 24.3 Å². The Morgan fingerprint density at radius 3 is 2.76 bits per heavy atom. The maximum absolute atomic E-state index is 13.0. The number of hydrogen-bond donors (Lipinski definition) is 1. The molecule has 0 saturated carbocycles. The summed E-state index contributed by atoms with van der Waals surface area (Å²) in [6.45, 7) is 4.71. The van der Waals surface area contributed by atoms with Crippen LogP contribution in [-0.2, 0) is 11.3 Å². The number of rotatable bonds is 5. The molecule has 0 aliphatic heterocycles. The van der Waals surface area contributed by atoms with E-state index in [0.29, 0.717) is 13.1 Å². The zero-order valence-corrected chi connectivity index (χ0v) is 10.5. The first-order valence-corrected chi connectivity index (χ1v) is 5.71. The molecule has 0 aromatic heterocycles. The van der Waals surface area contributed by atoms with Crippen LogP contribution >= 0.6 is 0 Å². The molecule has 0 unspecified atom stereocenters. The van der Waals surface area contributed by atoms with E-state index in [4.69, 9.17) is 0 Å². The molecule has 0 aliphatic carbocycles. The van der Waals surface area contributed by atoms with Crippen LogP contribution < -0.4 is 5.32 Å². The molecule has 3 nitrogen and oxygen atoms in total. The molecule has 1 aromatic carbocycles. The predicted octanol–water partition coefficient (Wildman–Crippen LogP) is 1.78. The van der Waals surface area contributed by atoms with Crippen molar-refractivity contribution in [1.29, 1.82) is 0 Å². The number of carbonyl (C=O) groups is 1. The Hall–Kier alpha value is -1.42. The average molecular weight is 238 g/mol. The fourth-order valence-electron chi connectivity index (χ4n) is 1.42. The van der Waals surface area contributed by atoms with Gasteiger partial charge in [0.25, 0.3) is 0 Å². The Balaban J connectivity index is 2.48. The predicted molar refractivity (Wildman–Crippen MR) is 66.0 cm³/mol. The van der Waals surface area contributed by atoms with Crippen molar-refractivity contribution in [1.82, 2.24) is 10.2 Å². The first kappa shape index (κ1) is 13.6. The lowest BCUT2D eigenvalue weighted by Gasteiger charge is -2.18. The normalized spacial score (nSPS) is 10.6. The number of nitrogens with one attached hydrogen (secondary N) is 1. The average Bonchev–Trinajstić information content (AvgIpc) is 2.25. The van der Waals surface area contributed by atoms with E-state index < -0.39 is 0 Å². The molecule has 17 heavy (non-hydrogen) atoms. The maximum Gasteiger partial charge on any atom is 0.236 e. The lowest BCUT2D eigenvalue weighted by atomic mass is 10.2. The van der Waals surface area contributed by atoms with Gasteiger partial charge in [0.15, 0.2) is 0 Å². The number of benzene rings is 1. The number of carbonyl (C=O) groups excluding carboxylic acids is 1. The van der Waals surface area contributed by atoms with Gasteiger partial charge < -0.3 is 10.2 Å². The smallest absolute Gasteiger partial charge is 0.236 e. The standard InChI is InChI=1S/C13H19FN2O/c1-10(2)15-8-13(17)16(3)9-11-5-4-6-12(14)7-11/h4-7,10,15H,8-9H2,1-3H3. The number of halogens is 1. The van der Waals surface area contributed by atoms with Crippen LogP contribution in [-0.4, -0.2) is 30.4 Å². The molecule has 0 heterocycles. The third-order valence-corrected chi connectivity index (χ3v) is 2.40. The van der Waals surface area contributed by atoms with E-state index in [1.807, 2.05) is 19.9 Å². The molecule has 0 atom stereocenters. The van der Waals surface area contributed by atoms with Gasteiger partial charge in [0.05, 0.1) is 6.54 Å². The van der Waals surface area contributed by atoms with Crippen molar-refractivity contribution in [3.05, 3.63) is 35.6 Å². The van der Waals surface area contributed by atoms with Gasteiger partial charge in [-0.05, 0) is 17.7 Å². The summed E-state index contributed by atoms with van der Waals surface area (Å²) >= 11 is 0. The van der Waals surface area contributed by atoms with Gasteiger partial charge >= 0.3 is 0 Å². The van der Waals surface area contributed by atoms with Crippen molar-refractivity contribution in [2.45, 2.75) is 26.4 Å². The molecular formula is C13H19FN2O. The van der Waals surface area contributed by atoms with Crippen molar-refractivity contribution in [3.8, 4) is 0 Å². The van der Waals surface area contributed by atoms with Gasteiger partial charge in [-0.25, -0.2) is 4.39 Å². The molecule has 1 amide bonds. The number of amides is 1. The molecule has 94 valence electrons. The molecule has 0 fully saturated rings. The number of likely N-dealkylation sites (N-methyl/N-ethyl adjacent to an activating group) is 1. The van der Waals surface area contributed by atoms with Gasteiger partial charge in [-0.3, -0.25) is 4.79 Å². The number of nitrogens with zero attached hydrogens (tertiary/aromatic N) is 1. The molecular weight excluding hydrogens is 219 g/mol. The highest BCUT2D eigenvalue weighted by molar-refractivity contribution is 5.77. The van der Waals surface area contributed by atoms with E-state index >= 15 is 0 Å². The lowest BCUT2D eigenvalue weighted by Crippen LogP contribution is -2.37. The second kappa shape index (κ2) is 6.35. The second-order valence-electron chi connectivity index (χ2n) is 4.42. The highest BCUT2D eigenvalue weighted by Gasteiger charge is 2.09. The zero-order chi connectivity index (χ0) is 12.8. The first-order valence-electron chi connectivity index (χ1n) is 5.71. The Bertz CT molecular complexity index is 379. The molecule has 4 heteroatoms. The minimum Gasteiger partial charge on any atom is -0.340 e. The molecule has 1 rings (SSSR count). The van der Waals surface area contributed by atoms with E-state index in [1.165, 1.54) is 12.1 Å². The summed E-state index contributed by atoms with van der Waals surface area (Å²) in [7, 11) is 1.72. The highest BCUT2D eigenvalue weighted by atomic mass is 19.1. The van der Waals surface area contributed by atoms with Crippen molar-refractivity contribution >= 4 is 5.91 Å². The van der Waals surface area contributed by atoms with Crippen molar-refractivity contribution < 1.29 is 9.18 Å². The van der Waals surface area contributed by atoms with Crippen LogP contribution in [0.25, 0.3) is 0 Å². The SMILES string of the molecule is CC(C)NCC(=O)N(C)Cc1cccc(F)c1. The van der Waals surface area contributed by atoms with Gasteiger partial charge in [-0.1, -0.05) is 26.0 Å². The minimum atomic E-state index is -0.274. The Morgan fingerprint density at radius 2 is 2.18 bits per heavy atom. The van der Waals surface area contributed by atoms with Crippen molar-refractivity contribution in [3.63, 3.8) is 0 Å². The van der Waals surface area contributed by atoms with Gasteiger partial charge in [0, 0.05) is 19.6 Å². The molecule has 1 aromatic rings. The van der Waals surface area contributed by atoms with Gasteiger partial charge in [-0.2, -0.15) is 0 Å². The van der Waals surface area contributed by atoms with Crippen LogP contribution in [0.5, 0.6) is 0 Å². The van der Waals surface area contributed by atoms with Crippen LogP contribution in [0, 0.1) is 5.82 Å². The minimum absolute atomic E-state index is 0.00274. The summed E-state index contributed by atoms with van der Waals surface area (Å²) in [5.41, 5.74) is 0.797. The summed E-state index contributed by atoms with van der Waals surface area (Å²) in [5, 5.41) is 3.06. The lowest BCUT2D eigenvalue weighted by molar-refractivity contribution is -0.129. The topological polar surface area (TPSA) is 32.3 Å². The fourth-order valence-corrected chi connectivity index (χ4v) is 1.42. The second-order valence-corrected chi connectivity index (χ2v) is 4.42. The molecule has 1 N–H and O–H groups in total. The van der Waals surface area contributed by atoms with Crippen LogP contribution in [0.2, 0.25) is 0 Å².